The number of rotatable bonds is 7. The molecule has 0 radical (unpaired) electrons. The molecule has 0 unspecified atom stereocenters. The third-order valence-corrected chi connectivity index (χ3v) is 6.43. The Bertz CT molecular complexity index is 1250. The Kier molecular flexibility index (Phi) is 6.63. The van der Waals surface area contributed by atoms with Gasteiger partial charge in [0.25, 0.3) is 0 Å². The van der Waals surface area contributed by atoms with E-state index in [1.165, 1.54) is 0 Å². The number of benzene rings is 3. The van der Waals surface area contributed by atoms with E-state index in [-0.39, 0.29) is 6.10 Å². The minimum Gasteiger partial charge on any atom is -0.488 e. The number of pyridine rings is 1. The molecule has 0 aliphatic carbocycles. The van der Waals surface area contributed by atoms with Crippen LogP contribution in [0, 0.1) is 6.92 Å². The molecular formula is C29H30N2O3. The normalized spacial score (nSPS) is 14.4. The van der Waals surface area contributed by atoms with Crippen molar-refractivity contribution in [1.29, 1.82) is 0 Å². The molecule has 5 nitrogen and oxygen atoms in total. The number of aromatic nitrogens is 1. The summed E-state index contributed by atoms with van der Waals surface area (Å²) in [6.07, 6.45) is 1.42. The van der Waals surface area contributed by atoms with Crippen LogP contribution in [0.15, 0.2) is 78.9 Å². The summed E-state index contributed by atoms with van der Waals surface area (Å²) in [5.74, 6) is 1.67. The second-order valence-corrected chi connectivity index (χ2v) is 8.81. The van der Waals surface area contributed by atoms with Gasteiger partial charge in [0.15, 0.2) is 0 Å². The van der Waals surface area contributed by atoms with Crippen molar-refractivity contribution in [3.05, 3.63) is 95.7 Å². The molecule has 1 aliphatic heterocycles. The Hall–Kier alpha value is -3.57. The van der Waals surface area contributed by atoms with E-state index >= 15 is 0 Å². The highest BCUT2D eigenvalue weighted by Crippen LogP contribution is 2.32. The highest BCUT2D eigenvalue weighted by Gasteiger charge is 2.18. The second kappa shape index (κ2) is 10.1. The maximum Gasteiger partial charge on any atom is 0.134 e. The van der Waals surface area contributed by atoms with Crippen molar-refractivity contribution in [3.63, 3.8) is 0 Å². The minimum atomic E-state index is -0.184. The molecule has 5 heteroatoms. The molecule has 3 aromatic carbocycles. The van der Waals surface area contributed by atoms with Crippen LogP contribution in [0.2, 0.25) is 0 Å². The fourth-order valence-electron chi connectivity index (χ4n) is 4.43. The van der Waals surface area contributed by atoms with Crippen molar-refractivity contribution >= 4 is 16.6 Å². The van der Waals surface area contributed by atoms with Gasteiger partial charge in [0.2, 0.25) is 0 Å². The van der Waals surface area contributed by atoms with E-state index in [1.807, 2.05) is 55.5 Å². The summed E-state index contributed by atoms with van der Waals surface area (Å²) in [6.45, 7) is 4.63. The molecule has 1 fully saturated rings. The van der Waals surface area contributed by atoms with Crippen LogP contribution in [-0.2, 0) is 13.2 Å². The zero-order chi connectivity index (χ0) is 23.3. The molecule has 0 bridgehead atoms. The van der Waals surface area contributed by atoms with E-state index in [1.54, 1.807) is 0 Å². The molecule has 0 amide bonds. The fourth-order valence-corrected chi connectivity index (χ4v) is 4.43. The van der Waals surface area contributed by atoms with Gasteiger partial charge < -0.3 is 19.5 Å². The van der Waals surface area contributed by atoms with Gasteiger partial charge >= 0.3 is 0 Å². The first-order valence-electron chi connectivity index (χ1n) is 11.9. The molecule has 1 saturated heterocycles. The van der Waals surface area contributed by atoms with Crippen LogP contribution in [0.5, 0.6) is 11.5 Å². The van der Waals surface area contributed by atoms with E-state index in [4.69, 9.17) is 14.5 Å². The van der Waals surface area contributed by atoms with Gasteiger partial charge in [-0.3, -0.25) is 0 Å². The molecule has 1 aliphatic rings. The van der Waals surface area contributed by atoms with E-state index < -0.39 is 0 Å². The Morgan fingerprint density at radius 2 is 1.65 bits per heavy atom. The van der Waals surface area contributed by atoms with Gasteiger partial charge in [-0.05, 0) is 49.6 Å². The number of aliphatic hydroxyl groups is 1. The number of piperidine rings is 1. The molecular weight excluding hydrogens is 424 g/mol. The van der Waals surface area contributed by atoms with Crippen LogP contribution in [0.25, 0.3) is 10.9 Å². The summed E-state index contributed by atoms with van der Waals surface area (Å²) < 4.78 is 12.5. The standard InChI is InChI=1S/C29H30N2O3/c1-21-28(20-33-25-11-7-10-23(18-25)31-16-14-24(32)15-17-31)30-27-13-6-5-12-26(27)29(21)34-19-22-8-3-2-4-9-22/h2-13,18,24,32H,14-17,19-20H2,1H3. The first kappa shape index (κ1) is 22.2. The number of hydrogen-bond acceptors (Lipinski definition) is 5. The molecule has 4 aromatic rings. The van der Waals surface area contributed by atoms with Gasteiger partial charge in [-0.2, -0.15) is 0 Å². The van der Waals surface area contributed by atoms with Crippen LogP contribution in [0.1, 0.15) is 29.7 Å². The number of ether oxygens (including phenoxy) is 2. The predicted molar refractivity (Wildman–Crippen MR) is 135 cm³/mol. The van der Waals surface area contributed by atoms with Crippen LogP contribution >= 0.6 is 0 Å². The lowest BCUT2D eigenvalue weighted by Gasteiger charge is -2.31. The Labute approximate surface area is 200 Å². The van der Waals surface area contributed by atoms with Gasteiger partial charge in [0.05, 0.1) is 17.3 Å². The van der Waals surface area contributed by atoms with Crippen LogP contribution < -0.4 is 14.4 Å². The highest BCUT2D eigenvalue weighted by molar-refractivity contribution is 5.86. The lowest BCUT2D eigenvalue weighted by atomic mass is 10.1. The van der Waals surface area contributed by atoms with Crippen LogP contribution in [0.4, 0.5) is 5.69 Å². The van der Waals surface area contributed by atoms with Crippen molar-refractivity contribution in [2.24, 2.45) is 0 Å². The van der Waals surface area contributed by atoms with E-state index in [0.29, 0.717) is 13.2 Å². The molecule has 1 aromatic heterocycles. The van der Waals surface area contributed by atoms with Crippen molar-refractivity contribution < 1.29 is 14.6 Å². The smallest absolute Gasteiger partial charge is 0.134 e. The van der Waals surface area contributed by atoms with Crippen molar-refractivity contribution in [2.75, 3.05) is 18.0 Å². The lowest BCUT2D eigenvalue weighted by Crippen LogP contribution is -2.35. The third kappa shape index (κ3) is 5.00. The number of para-hydroxylation sites is 1. The topological polar surface area (TPSA) is 54.8 Å². The third-order valence-electron chi connectivity index (χ3n) is 6.43. The van der Waals surface area contributed by atoms with Gasteiger partial charge in [-0.1, -0.05) is 48.5 Å². The quantitative estimate of drug-likeness (QED) is 0.390. The zero-order valence-electron chi connectivity index (χ0n) is 19.5. The summed E-state index contributed by atoms with van der Waals surface area (Å²) in [5, 5.41) is 10.8. The minimum absolute atomic E-state index is 0.184. The Morgan fingerprint density at radius 1 is 0.882 bits per heavy atom. The van der Waals surface area contributed by atoms with E-state index in [9.17, 15) is 5.11 Å². The number of fused-ring (bicyclic) bond motifs is 1. The molecule has 2 heterocycles. The van der Waals surface area contributed by atoms with Crippen LogP contribution in [-0.4, -0.2) is 29.3 Å². The molecule has 1 N–H and O–H groups in total. The van der Waals surface area contributed by atoms with Gasteiger partial charge in [-0.15, -0.1) is 0 Å². The van der Waals surface area contributed by atoms with E-state index in [0.717, 1.165) is 70.8 Å². The SMILES string of the molecule is Cc1c(COc2cccc(N3CCC(O)CC3)c2)nc2ccccc2c1OCc1ccccc1. The van der Waals surface area contributed by atoms with Crippen molar-refractivity contribution in [3.8, 4) is 11.5 Å². The fraction of sp³-hybridized carbons (Fsp3) is 0.276. The number of nitrogens with zero attached hydrogens (tertiary/aromatic N) is 2. The number of aliphatic hydroxyl groups excluding tert-OH is 1. The highest BCUT2D eigenvalue weighted by atomic mass is 16.5. The molecule has 0 atom stereocenters. The average Bonchev–Trinajstić information content (AvgIpc) is 2.88. The predicted octanol–water partition coefficient (Wildman–Crippen LogP) is 5.66. The van der Waals surface area contributed by atoms with Gasteiger partial charge in [-0.25, -0.2) is 4.98 Å². The molecule has 174 valence electrons. The monoisotopic (exact) mass is 454 g/mol. The maximum absolute atomic E-state index is 9.80. The summed E-state index contributed by atoms with van der Waals surface area (Å²) in [4.78, 5) is 7.18. The Balaban J connectivity index is 1.36. The summed E-state index contributed by atoms with van der Waals surface area (Å²) in [5.41, 5.74) is 5.02. The maximum atomic E-state index is 9.80. The van der Waals surface area contributed by atoms with Gasteiger partial charge in [0.1, 0.15) is 24.7 Å². The van der Waals surface area contributed by atoms with Crippen LogP contribution in [0.3, 0.4) is 0 Å². The summed E-state index contributed by atoms with van der Waals surface area (Å²) in [6, 6.07) is 26.4. The molecule has 0 saturated carbocycles. The first-order valence-corrected chi connectivity index (χ1v) is 11.9. The van der Waals surface area contributed by atoms with Crippen molar-refractivity contribution in [1.82, 2.24) is 4.98 Å². The second-order valence-electron chi connectivity index (χ2n) is 8.81. The average molecular weight is 455 g/mol. The van der Waals surface area contributed by atoms with Gasteiger partial charge in [0, 0.05) is 35.8 Å². The largest absolute Gasteiger partial charge is 0.488 e. The number of hydrogen-bond donors (Lipinski definition) is 1. The summed E-state index contributed by atoms with van der Waals surface area (Å²) >= 11 is 0. The van der Waals surface area contributed by atoms with Crippen molar-refractivity contribution in [2.45, 2.75) is 39.1 Å². The molecule has 5 rings (SSSR count). The first-order chi connectivity index (χ1) is 16.7. The zero-order valence-corrected chi connectivity index (χ0v) is 19.5. The lowest BCUT2D eigenvalue weighted by molar-refractivity contribution is 0.145. The Morgan fingerprint density at radius 3 is 2.47 bits per heavy atom. The molecule has 34 heavy (non-hydrogen) atoms. The molecule has 0 spiro atoms. The number of anilines is 1. The van der Waals surface area contributed by atoms with E-state index in [2.05, 4.69) is 35.2 Å². The summed E-state index contributed by atoms with van der Waals surface area (Å²) in [7, 11) is 0.